The number of rotatable bonds is 3. The first-order valence-corrected chi connectivity index (χ1v) is 14.6. The number of carbonyl (C=O) groups is 1. The normalized spacial score (nSPS) is 22.1. The van der Waals surface area contributed by atoms with Crippen LogP contribution in [0.1, 0.15) is 51.0 Å². The second kappa shape index (κ2) is 8.97. The van der Waals surface area contributed by atoms with E-state index in [0.29, 0.717) is 21.0 Å². The zero-order valence-corrected chi connectivity index (χ0v) is 21.6. The van der Waals surface area contributed by atoms with E-state index in [2.05, 4.69) is 15.1 Å². The minimum absolute atomic E-state index is 0.00284. The molecule has 0 bridgehead atoms. The van der Waals surface area contributed by atoms with Crippen LogP contribution in [-0.4, -0.2) is 70.7 Å². The molecule has 0 N–H and O–H groups in total. The Morgan fingerprint density at radius 1 is 1.11 bits per heavy atom. The van der Waals surface area contributed by atoms with E-state index in [1.54, 1.807) is 6.92 Å². The molecule has 3 aliphatic rings. The molecule has 8 nitrogen and oxygen atoms in total. The van der Waals surface area contributed by atoms with Crippen molar-refractivity contribution in [3.63, 3.8) is 0 Å². The maximum atomic E-state index is 15.0. The van der Waals surface area contributed by atoms with Gasteiger partial charge in [-0.05, 0) is 37.5 Å². The van der Waals surface area contributed by atoms with Gasteiger partial charge in [0, 0.05) is 29.4 Å². The fourth-order valence-electron chi connectivity index (χ4n) is 5.14. The number of fused-ring (bicyclic) bond motifs is 5. The van der Waals surface area contributed by atoms with E-state index in [9.17, 15) is 30.8 Å². The number of hydrogen-bond donors (Lipinski definition) is 0. The first kappa shape index (κ1) is 25.2. The van der Waals surface area contributed by atoms with Crippen molar-refractivity contribution in [3.8, 4) is 5.00 Å². The minimum atomic E-state index is -3.21. The van der Waals surface area contributed by atoms with Crippen molar-refractivity contribution in [2.75, 3.05) is 24.6 Å². The van der Waals surface area contributed by atoms with Crippen LogP contribution in [0.25, 0.3) is 5.00 Å². The molecule has 38 heavy (non-hydrogen) atoms. The van der Waals surface area contributed by atoms with Crippen LogP contribution in [0.5, 0.6) is 0 Å². The van der Waals surface area contributed by atoms with Gasteiger partial charge in [0.05, 0.1) is 22.8 Å². The molecule has 0 spiro atoms. The molecule has 0 unspecified atom stereocenters. The molecule has 2 aromatic heterocycles. The average Bonchev–Trinajstić information content (AvgIpc) is 3.54. The molecule has 1 fully saturated rings. The van der Waals surface area contributed by atoms with Gasteiger partial charge in [-0.1, -0.05) is 6.07 Å². The Balaban J connectivity index is 1.49. The number of sulfone groups is 1. The third-order valence-electron chi connectivity index (χ3n) is 7.12. The van der Waals surface area contributed by atoms with Gasteiger partial charge in [0.25, 0.3) is 5.91 Å². The highest BCUT2D eigenvalue weighted by Crippen LogP contribution is 2.45. The highest BCUT2D eigenvalue weighted by molar-refractivity contribution is 7.91. The number of benzene rings is 1. The fraction of sp³-hybridized carbons (Fsp3) is 0.417. The topological polar surface area (TPSA) is 97.5 Å². The average molecular weight is 568 g/mol. The number of halogens is 4. The zero-order chi connectivity index (χ0) is 26.9. The Bertz CT molecular complexity index is 1580. The summed E-state index contributed by atoms with van der Waals surface area (Å²) in [5.74, 6) is -3.36. The van der Waals surface area contributed by atoms with Crippen molar-refractivity contribution in [2.24, 2.45) is 10.9 Å². The van der Waals surface area contributed by atoms with E-state index in [4.69, 9.17) is 0 Å². The highest BCUT2D eigenvalue weighted by atomic mass is 32.2. The summed E-state index contributed by atoms with van der Waals surface area (Å²) in [4.78, 5) is 24.2. The first-order valence-electron chi connectivity index (χ1n) is 12.0. The lowest BCUT2D eigenvalue weighted by atomic mass is 9.97. The third kappa shape index (κ3) is 4.04. The van der Waals surface area contributed by atoms with Gasteiger partial charge in [-0.3, -0.25) is 9.79 Å². The molecule has 3 aromatic rings. The van der Waals surface area contributed by atoms with Crippen LogP contribution in [0.2, 0.25) is 0 Å². The largest absolute Gasteiger partial charge is 0.334 e. The number of hydrogen-bond acceptors (Lipinski definition) is 7. The van der Waals surface area contributed by atoms with E-state index in [1.165, 1.54) is 27.0 Å². The fourth-order valence-corrected chi connectivity index (χ4v) is 7.73. The van der Waals surface area contributed by atoms with Crippen LogP contribution < -0.4 is 0 Å². The highest BCUT2D eigenvalue weighted by Gasteiger charge is 2.40. The minimum Gasteiger partial charge on any atom is -0.334 e. The SMILES string of the molecule is C[C@@H]1N=C(c2c(F)cccc2F)c2c(sc3c2C[C@@H](C(F)F)C3)-n2nc(C(=O)N3CCS(=O)(=O)CC3)nc21. The van der Waals surface area contributed by atoms with Gasteiger partial charge in [0.2, 0.25) is 12.2 Å². The summed E-state index contributed by atoms with van der Waals surface area (Å²) in [6.07, 6.45) is -2.44. The van der Waals surface area contributed by atoms with Crippen molar-refractivity contribution >= 4 is 32.8 Å². The maximum Gasteiger partial charge on any atom is 0.293 e. The van der Waals surface area contributed by atoms with Gasteiger partial charge < -0.3 is 4.90 Å². The molecule has 0 saturated carbocycles. The van der Waals surface area contributed by atoms with Crippen LogP contribution in [0.4, 0.5) is 17.6 Å². The van der Waals surface area contributed by atoms with Crippen LogP contribution in [0, 0.1) is 17.6 Å². The molecule has 1 saturated heterocycles. The van der Waals surface area contributed by atoms with Crippen molar-refractivity contribution < 1.29 is 30.8 Å². The molecular weight excluding hydrogens is 546 g/mol. The van der Waals surface area contributed by atoms with E-state index in [-0.39, 0.29) is 60.4 Å². The second-order valence-electron chi connectivity index (χ2n) is 9.59. The molecule has 2 aliphatic heterocycles. The van der Waals surface area contributed by atoms with Gasteiger partial charge >= 0.3 is 0 Å². The number of alkyl halides is 2. The smallest absolute Gasteiger partial charge is 0.293 e. The maximum absolute atomic E-state index is 15.0. The Labute approximate surface area is 218 Å². The molecule has 1 aliphatic carbocycles. The number of carbonyl (C=O) groups excluding carboxylic acids is 1. The van der Waals surface area contributed by atoms with Crippen molar-refractivity contribution in [1.82, 2.24) is 19.7 Å². The van der Waals surface area contributed by atoms with Gasteiger partial charge in [0.15, 0.2) is 15.7 Å². The van der Waals surface area contributed by atoms with Crippen molar-refractivity contribution in [2.45, 2.75) is 32.2 Å². The molecular formula is C24H21F4N5O3S2. The Kier molecular flexibility index (Phi) is 5.94. The molecule has 1 aromatic carbocycles. The van der Waals surface area contributed by atoms with Crippen LogP contribution >= 0.6 is 11.3 Å². The van der Waals surface area contributed by atoms with Crippen LogP contribution in [-0.2, 0) is 22.7 Å². The predicted octanol–water partition coefficient (Wildman–Crippen LogP) is 3.37. The van der Waals surface area contributed by atoms with E-state index < -0.39 is 45.8 Å². The molecule has 0 radical (unpaired) electrons. The molecule has 6 rings (SSSR count). The summed E-state index contributed by atoms with van der Waals surface area (Å²) in [6, 6.07) is 2.66. The lowest BCUT2D eigenvalue weighted by Crippen LogP contribution is -2.44. The van der Waals surface area contributed by atoms with Gasteiger partial charge in [-0.25, -0.2) is 35.6 Å². The Hall–Kier alpha value is -3.13. The number of amides is 1. The summed E-state index contributed by atoms with van der Waals surface area (Å²) in [6.45, 7) is 1.67. The summed E-state index contributed by atoms with van der Waals surface area (Å²) >= 11 is 1.17. The van der Waals surface area contributed by atoms with E-state index in [1.807, 2.05) is 0 Å². The summed E-state index contributed by atoms with van der Waals surface area (Å²) in [7, 11) is -3.21. The molecule has 14 heteroatoms. The van der Waals surface area contributed by atoms with E-state index in [0.717, 1.165) is 12.1 Å². The molecule has 2 atom stereocenters. The van der Waals surface area contributed by atoms with Crippen LogP contribution in [0.15, 0.2) is 23.2 Å². The summed E-state index contributed by atoms with van der Waals surface area (Å²) in [5, 5.41) is 4.82. The number of thiophene rings is 1. The van der Waals surface area contributed by atoms with Crippen LogP contribution in [0.3, 0.4) is 0 Å². The standard InChI is InChI=1S/C24H21F4N5O3S2/c1-11-22-30-21(23(34)32-5-7-38(35,36)8-6-32)31-33(22)24-17(13-9-12(20(27)28)10-16(13)37-24)19(29-11)18-14(25)3-2-4-15(18)26/h2-4,11-12,20H,5-10H2,1H3/t11-,12+/m0/s1. The quantitative estimate of drug-likeness (QED) is 0.452. The van der Waals surface area contributed by atoms with Crippen molar-refractivity contribution in [3.05, 3.63) is 63.0 Å². The van der Waals surface area contributed by atoms with Gasteiger partial charge in [-0.15, -0.1) is 16.4 Å². The Morgan fingerprint density at radius 2 is 1.79 bits per heavy atom. The number of aliphatic imine (C=N–C) groups is 1. The third-order valence-corrected chi connectivity index (χ3v) is 9.96. The predicted molar refractivity (Wildman–Crippen MR) is 131 cm³/mol. The van der Waals surface area contributed by atoms with Gasteiger partial charge in [0.1, 0.15) is 22.7 Å². The number of aromatic nitrogens is 3. The lowest BCUT2D eigenvalue weighted by Gasteiger charge is -2.25. The molecule has 4 heterocycles. The lowest BCUT2D eigenvalue weighted by molar-refractivity contribution is 0.0757. The summed E-state index contributed by atoms with van der Waals surface area (Å²) < 4.78 is 82.1. The Morgan fingerprint density at radius 3 is 2.45 bits per heavy atom. The van der Waals surface area contributed by atoms with Gasteiger partial charge in [-0.2, -0.15) is 0 Å². The number of nitrogens with zero attached hydrogens (tertiary/aromatic N) is 5. The molecule has 200 valence electrons. The van der Waals surface area contributed by atoms with Crippen molar-refractivity contribution in [1.29, 1.82) is 0 Å². The zero-order valence-electron chi connectivity index (χ0n) is 20.0. The van der Waals surface area contributed by atoms with E-state index >= 15 is 0 Å². The second-order valence-corrected chi connectivity index (χ2v) is 13.0. The molecule has 1 amide bonds. The monoisotopic (exact) mass is 567 g/mol. The first-order chi connectivity index (χ1) is 18.0. The summed E-state index contributed by atoms with van der Waals surface area (Å²) in [5.41, 5.74) is 0.493.